The maximum atomic E-state index is 13.4. The molecule has 0 radical (unpaired) electrons. The molecule has 0 saturated carbocycles. The second kappa shape index (κ2) is 11.5. The van der Waals surface area contributed by atoms with Crippen molar-refractivity contribution in [3.63, 3.8) is 0 Å². The van der Waals surface area contributed by atoms with Crippen LogP contribution in [0.2, 0.25) is 0 Å². The lowest BCUT2D eigenvalue weighted by Crippen LogP contribution is -2.42. The number of hydrogen-bond donors (Lipinski definition) is 2. The first kappa shape index (κ1) is 26.1. The van der Waals surface area contributed by atoms with Gasteiger partial charge in [0.05, 0.1) is 25.0 Å². The highest BCUT2D eigenvalue weighted by atomic mass is 32.2. The van der Waals surface area contributed by atoms with E-state index in [9.17, 15) is 18.8 Å². The fraction of sp³-hybridized carbons (Fsp3) is 0.179. The molecule has 2 N–H and O–H groups in total. The van der Waals surface area contributed by atoms with Crippen LogP contribution in [-0.4, -0.2) is 52.5 Å². The highest BCUT2D eigenvalue weighted by Crippen LogP contribution is 2.34. The smallest absolute Gasteiger partial charge is 0.259 e. The van der Waals surface area contributed by atoms with Crippen molar-refractivity contribution < 1.29 is 23.5 Å². The van der Waals surface area contributed by atoms with Crippen molar-refractivity contribution in [2.75, 3.05) is 18.2 Å². The lowest BCUT2D eigenvalue weighted by molar-refractivity contribution is -0.128. The van der Waals surface area contributed by atoms with Crippen LogP contribution in [0.4, 0.5) is 15.8 Å². The molecule has 5 rings (SSSR count). The third kappa shape index (κ3) is 5.99. The van der Waals surface area contributed by atoms with Gasteiger partial charge in [-0.1, -0.05) is 42.1 Å². The third-order valence-corrected chi connectivity index (χ3v) is 6.95. The summed E-state index contributed by atoms with van der Waals surface area (Å²) in [4.78, 5) is 49.3. The predicted octanol–water partition coefficient (Wildman–Crippen LogP) is 3.87. The van der Waals surface area contributed by atoms with Crippen molar-refractivity contribution >= 4 is 51.9 Å². The molecular weight excluding hydrogens is 521 g/mol. The molecule has 0 fully saturated rings. The van der Waals surface area contributed by atoms with Gasteiger partial charge in [0.15, 0.2) is 5.17 Å². The maximum Gasteiger partial charge on any atom is 0.259 e. The van der Waals surface area contributed by atoms with Gasteiger partial charge in [-0.2, -0.15) is 0 Å². The summed E-state index contributed by atoms with van der Waals surface area (Å²) in [6.07, 6.45) is -0.156. The summed E-state index contributed by atoms with van der Waals surface area (Å²) >= 11 is 1.11. The molecule has 9 nitrogen and oxygen atoms in total. The van der Waals surface area contributed by atoms with Crippen molar-refractivity contribution in [1.82, 2.24) is 10.2 Å². The molecule has 0 saturated heterocycles. The largest absolute Gasteiger partial charge is 0.497 e. The van der Waals surface area contributed by atoms with E-state index in [4.69, 9.17) is 4.74 Å². The molecular formula is C28H24FN5O4S. The fourth-order valence-corrected chi connectivity index (χ4v) is 4.91. The number of amidine groups is 2. The number of aliphatic imine (C=N–C) groups is 2. The van der Waals surface area contributed by atoms with Crippen LogP contribution in [0, 0.1) is 5.82 Å². The Labute approximate surface area is 228 Å². The molecule has 2 aliphatic rings. The summed E-state index contributed by atoms with van der Waals surface area (Å²) in [7, 11) is 1.55. The zero-order valence-electron chi connectivity index (χ0n) is 20.9. The topological polar surface area (TPSA) is 112 Å². The average molecular weight is 546 g/mol. The van der Waals surface area contributed by atoms with E-state index in [1.807, 2.05) is 18.2 Å². The number of benzene rings is 3. The minimum Gasteiger partial charge on any atom is -0.497 e. The highest BCUT2D eigenvalue weighted by molar-refractivity contribution is 8.14. The number of halogens is 1. The number of amides is 3. The van der Waals surface area contributed by atoms with Gasteiger partial charge in [0.25, 0.3) is 5.91 Å². The van der Waals surface area contributed by atoms with Gasteiger partial charge in [-0.15, -0.1) is 0 Å². The van der Waals surface area contributed by atoms with E-state index in [1.54, 1.807) is 49.6 Å². The molecule has 2 aliphatic heterocycles. The van der Waals surface area contributed by atoms with Gasteiger partial charge in [0.2, 0.25) is 11.8 Å². The standard InChI is InChI=1S/C28H24FN5O4S/c1-38-20-6-4-5-19(13-20)31-25(36)16-39-28-33-22-8-3-2-7-21(22)26-32-23(27(37)34(26)28)14-24(35)30-15-17-9-11-18(29)12-10-17/h2-13,23H,14-16H2,1H3,(H,30,35)(H,31,36)/t23-/m1/s1. The maximum absolute atomic E-state index is 13.4. The van der Waals surface area contributed by atoms with Gasteiger partial charge in [-0.3, -0.25) is 19.4 Å². The van der Waals surface area contributed by atoms with Gasteiger partial charge in [-0.05, 0) is 42.0 Å². The number of anilines is 1. The molecule has 0 aliphatic carbocycles. The lowest BCUT2D eigenvalue weighted by Gasteiger charge is -2.25. The number of fused-ring (bicyclic) bond motifs is 3. The number of ether oxygens (including phenoxy) is 1. The zero-order valence-corrected chi connectivity index (χ0v) is 21.7. The molecule has 11 heteroatoms. The second-order valence-electron chi connectivity index (χ2n) is 8.73. The van der Waals surface area contributed by atoms with Crippen molar-refractivity contribution in [1.29, 1.82) is 0 Å². The Morgan fingerprint density at radius 1 is 1.05 bits per heavy atom. The first-order valence-electron chi connectivity index (χ1n) is 12.1. The van der Waals surface area contributed by atoms with Gasteiger partial charge in [0, 0.05) is 23.9 Å². The van der Waals surface area contributed by atoms with Crippen LogP contribution in [-0.2, 0) is 20.9 Å². The Kier molecular flexibility index (Phi) is 7.69. The van der Waals surface area contributed by atoms with E-state index in [0.717, 1.165) is 17.3 Å². The van der Waals surface area contributed by atoms with Crippen molar-refractivity contribution in [2.45, 2.75) is 19.0 Å². The van der Waals surface area contributed by atoms with Crippen molar-refractivity contribution in [3.8, 4) is 5.75 Å². The van der Waals surface area contributed by atoms with Gasteiger partial charge < -0.3 is 15.4 Å². The second-order valence-corrected chi connectivity index (χ2v) is 9.67. The summed E-state index contributed by atoms with van der Waals surface area (Å²) in [5, 5.41) is 5.87. The molecule has 2 heterocycles. The van der Waals surface area contributed by atoms with Crippen molar-refractivity contribution in [3.05, 3.63) is 89.7 Å². The predicted molar refractivity (Wildman–Crippen MR) is 148 cm³/mol. The van der Waals surface area contributed by atoms with Crippen LogP contribution in [0.15, 0.2) is 82.8 Å². The molecule has 3 aromatic carbocycles. The zero-order chi connectivity index (χ0) is 27.4. The molecule has 0 aromatic heterocycles. The van der Waals surface area contributed by atoms with Crippen LogP contribution in [0.5, 0.6) is 5.75 Å². The summed E-state index contributed by atoms with van der Waals surface area (Å²) in [6.45, 7) is 0.202. The van der Waals surface area contributed by atoms with Crippen LogP contribution in [0.25, 0.3) is 0 Å². The van der Waals surface area contributed by atoms with Crippen LogP contribution < -0.4 is 15.4 Å². The van der Waals surface area contributed by atoms with Crippen LogP contribution in [0.1, 0.15) is 17.5 Å². The Hall–Kier alpha value is -4.51. The van der Waals surface area contributed by atoms with E-state index in [-0.39, 0.29) is 36.4 Å². The molecule has 3 aromatic rings. The molecule has 1 atom stereocenters. The molecule has 0 spiro atoms. The first-order valence-corrected chi connectivity index (χ1v) is 13.1. The van der Waals surface area contributed by atoms with E-state index in [1.165, 1.54) is 17.0 Å². The third-order valence-electron chi connectivity index (χ3n) is 6.02. The van der Waals surface area contributed by atoms with E-state index in [0.29, 0.717) is 33.7 Å². The lowest BCUT2D eigenvalue weighted by atomic mass is 10.1. The molecule has 3 amide bonds. The summed E-state index contributed by atoms with van der Waals surface area (Å²) in [6, 6.07) is 19.1. The normalized spacial score (nSPS) is 15.6. The summed E-state index contributed by atoms with van der Waals surface area (Å²) < 4.78 is 18.3. The molecule has 0 unspecified atom stereocenters. The van der Waals surface area contributed by atoms with Crippen molar-refractivity contribution in [2.24, 2.45) is 9.98 Å². The van der Waals surface area contributed by atoms with Gasteiger partial charge in [0.1, 0.15) is 23.4 Å². The Morgan fingerprint density at radius 3 is 2.64 bits per heavy atom. The Balaban J connectivity index is 1.27. The monoisotopic (exact) mass is 545 g/mol. The molecule has 198 valence electrons. The van der Waals surface area contributed by atoms with Crippen LogP contribution in [0.3, 0.4) is 0 Å². The Morgan fingerprint density at radius 2 is 1.85 bits per heavy atom. The van der Waals surface area contributed by atoms with E-state index >= 15 is 0 Å². The number of carbonyl (C=O) groups excluding carboxylic acids is 3. The Bertz CT molecular complexity index is 1490. The SMILES string of the molecule is COc1cccc(NC(=O)CSC2=Nc3ccccc3C3=N[C@H](CC(=O)NCc4ccc(F)cc4)C(=O)N23)c1. The first-order chi connectivity index (χ1) is 18.9. The quantitative estimate of drug-likeness (QED) is 0.446. The minimum atomic E-state index is -0.934. The van der Waals surface area contributed by atoms with Crippen LogP contribution >= 0.6 is 11.8 Å². The highest BCUT2D eigenvalue weighted by Gasteiger charge is 2.42. The minimum absolute atomic E-state index is 0.00189. The van der Waals surface area contributed by atoms with Gasteiger partial charge in [-0.25, -0.2) is 14.3 Å². The fourth-order valence-electron chi connectivity index (χ4n) is 4.11. The number of hydrogen-bond acceptors (Lipinski definition) is 7. The number of carbonyl (C=O) groups is 3. The summed E-state index contributed by atoms with van der Waals surface area (Å²) in [5.74, 6) is -0.380. The summed E-state index contributed by atoms with van der Waals surface area (Å²) in [5.41, 5.74) is 2.61. The number of methoxy groups -OCH3 is 1. The number of rotatable bonds is 8. The molecule has 39 heavy (non-hydrogen) atoms. The number of nitrogens with zero attached hydrogens (tertiary/aromatic N) is 3. The van der Waals surface area contributed by atoms with E-state index < -0.39 is 11.9 Å². The molecule has 0 bridgehead atoms. The number of thioether (sulfide) groups is 1. The average Bonchev–Trinajstić information content (AvgIpc) is 3.27. The van der Waals surface area contributed by atoms with E-state index in [2.05, 4.69) is 20.6 Å². The number of para-hydroxylation sites is 1. The number of nitrogens with one attached hydrogen (secondary N) is 2. The van der Waals surface area contributed by atoms with Gasteiger partial charge >= 0.3 is 0 Å².